The van der Waals surface area contributed by atoms with Gasteiger partial charge in [0.15, 0.2) is 5.84 Å². The quantitative estimate of drug-likeness (QED) is 0.375. The molecule has 0 spiro atoms. The molecule has 1 aliphatic heterocycles. The predicted octanol–water partition coefficient (Wildman–Crippen LogP) is 2.04. The van der Waals surface area contributed by atoms with E-state index in [1.807, 2.05) is 4.90 Å². The van der Waals surface area contributed by atoms with Gasteiger partial charge in [0.25, 0.3) is 5.91 Å². The SMILES string of the molecule is CC1CCCN(C(=O)c2ccc(C(N)=NO)cc2)CC1. The molecule has 0 bridgehead atoms. The highest BCUT2D eigenvalue weighted by atomic mass is 16.4. The molecule has 1 aromatic rings. The van der Waals surface area contributed by atoms with Crippen molar-refractivity contribution < 1.29 is 10.0 Å². The number of nitrogens with zero attached hydrogens (tertiary/aromatic N) is 2. The molecular formula is C15H21N3O2. The van der Waals surface area contributed by atoms with Crippen LogP contribution in [0.2, 0.25) is 0 Å². The Labute approximate surface area is 119 Å². The van der Waals surface area contributed by atoms with E-state index >= 15 is 0 Å². The van der Waals surface area contributed by atoms with Crippen LogP contribution >= 0.6 is 0 Å². The van der Waals surface area contributed by atoms with Crippen molar-refractivity contribution in [3.63, 3.8) is 0 Å². The van der Waals surface area contributed by atoms with E-state index in [0.29, 0.717) is 17.0 Å². The maximum Gasteiger partial charge on any atom is 0.253 e. The van der Waals surface area contributed by atoms with Gasteiger partial charge in [-0.3, -0.25) is 4.79 Å². The number of amidine groups is 1. The van der Waals surface area contributed by atoms with E-state index in [9.17, 15) is 4.79 Å². The van der Waals surface area contributed by atoms with Gasteiger partial charge < -0.3 is 15.8 Å². The van der Waals surface area contributed by atoms with Crippen LogP contribution in [0.4, 0.5) is 0 Å². The van der Waals surface area contributed by atoms with Crippen LogP contribution in [0.5, 0.6) is 0 Å². The third-order valence-electron chi connectivity index (χ3n) is 3.84. The number of oxime groups is 1. The third kappa shape index (κ3) is 3.29. The molecule has 1 unspecified atom stereocenters. The molecule has 5 heteroatoms. The number of nitrogens with two attached hydrogens (primary N) is 1. The van der Waals surface area contributed by atoms with Gasteiger partial charge in [-0.05, 0) is 37.3 Å². The van der Waals surface area contributed by atoms with E-state index < -0.39 is 0 Å². The topological polar surface area (TPSA) is 78.9 Å². The fourth-order valence-corrected chi connectivity index (χ4v) is 2.49. The molecule has 3 N–H and O–H groups in total. The summed E-state index contributed by atoms with van der Waals surface area (Å²) in [5, 5.41) is 11.6. The summed E-state index contributed by atoms with van der Waals surface area (Å²) in [7, 11) is 0. The molecule has 2 rings (SSSR count). The van der Waals surface area contributed by atoms with E-state index in [0.717, 1.165) is 25.9 Å². The van der Waals surface area contributed by atoms with Crippen molar-refractivity contribution in [2.45, 2.75) is 26.2 Å². The summed E-state index contributed by atoms with van der Waals surface area (Å²) in [5.41, 5.74) is 6.76. The lowest BCUT2D eigenvalue weighted by Crippen LogP contribution is -2.32. The van der Waals surface area contributed by atoms with Crippen LogP contribution in [0.25, 0.3) is 0 Å². The highest BCUT2D eigenvalue weighted by Gasteiger charge is 2.19. The molecule has 0 aliphatic carbocycles. The molecule has 1 heterocycles. The minimum Gasteiger partial charge on any atom is -0.409 e. The summed E-state index contributed by atoms with van der Waals surface area (Å²) in [6.45, 7) is 3.88. The second-order valence-electron chi connectivity index (χ2n) is 5.39. The number of likely N-dealkylation sites (tertiary alicyclic amines) is 1. The lowest BCUT2D eigenvalue weighted by Gasteiger charge is -2.20. The molecule has 5 nitrogen and oxygen atoms in total. The molecule has 1 aliphatic rings. The first kappa shape index (κ1) is 14.4. The maximum atomic E-state index is 12.4. The summed E-state index contributed by atoms with van der Waals surface area (Å²) in [4.78, 5) is 14.3. The number of rotatable bonds is 2. The Hall–Kier alpha value is -2.04. The van der Waals surface area contributed by atoms with Gasteiger partial charge in [-0.1, -0.05) is 24.2 Å². The van der Waals surface area contributed by atoms with Crippen molar-refractivity contribution in [3.05, 3.63) is 35.4 Å². The number of hydrogen-bond acceptors (Lipinski definition) is 3. The average Bonchev–Trinajstić information content (AvgIpc) is 2.70. The number of amides is 1. The molecule has 1 fully saturated rings. The normalized spacial score (nSPS) is 20.6. The molecule has 1 amide bonds. The minimum atomic E-state index is 0.0487. The predicted molar refractivity (Wildman–Crippen MR) is 77.9 cm³/mol. The van der Waals surface area contributed by atoms with Crippen molar-refractivity contribution in [1.82, 2.24) is 4.90 Å². The van der Waals surface area contributed by atoms with Crippen LogP contribution in [-0.2, 0) is 0 Å². The molecule has 108 valence electrons. The molecular weight excluding hydrogens is 254 g/mol. The van der Waals surface area contributed by atoms with Gasteiger partial charge in [-0.25, -0.2) is 0 Å². The number of carbonyl (C=O) groups is 1. The zero-order valence-corrected chi connectivity index (χ0v) is 11.7. The standard InChI is InChI=1S/C15H21N3O2/c1-11-3-2-9-18(10-8-11)15(19)13-6-4-12(5-7-13)14(16)17-20/h4-7,11,20H,2-3,8-10H2,1H3,(H2,16,17). The van der Waals surface area contributed by atoms with Gasteiger partial charge >= 0.3 is 0 Å². The molecule has 1 saturated heterocycles. The molecule has 0 radical (unpaired) electrons. The maximum absolute atomic E-state index is 12.4. The summed E-state index contributed by atoms with van der Waals surface area (Å²) in [6.07, 6.45) is 3.31. The highest BCUT2D eigenvalue weighted by Crippen LogP contribution is 2.18. The molecule has 20 heavy (non-hydrogen) atoms. The Morgan fingerprint density at radius 3 is 2.55 bits per heavy atom. The van der Waals surface area contributed by atoms with Crippen LogP contribution in [-0.4, -0.2) is 34.9 Å². The van der Waals surface area contributed by atoms with Crippen molar-refractivity contribution in [2.75, 3.05) is 13.1 Å². The summed E-state index contributed by atoms with van der Waals surface area (Å²) in [5.74, 6) is 0.800. The Balaban J connectivity index is 2.09. The van der Waals surface area contributed by atoms with Crippen LogP contribution in [0.15, 0.2) is 29.4 Å². The van der Waals surface area contributed by atoms with Gasteiger partial charge in [0.05, 0.1) is 0 Å². The second kappa shape index (κ2) is 6.41. The van der Waals surface area contributed by atoms with Crippen molar-refractivity contribution >= 4 is 11.7 Å². The van der Waals surface area contributed by atoms with Crippen molar-refractivity contribution in [3.8, 4) is 0 Å². The smallest absolute Gasteiger partial charge is 0.253 e. The Morgan fingerprint density at radius 1 is 1.25 bits per heavy atom. The first-order valence-electron chi connectivity index (χ1n) is 6.99. The van der Waals surface area contributed by atoms with E-state index in [1.165, 1.54) is 6.42 Å². The Morgan fingerprint density at radius 2 is 1.90 bits per heavy atom. The fourth-order valence-electron chi connectivity index (χ4n) is 2.49. The number of carbonyl (C=O) groups excluding carboxylic acids is 1. The average molecular weight is 275 g/mol. The fraction of sp³-hybridized carbons (Fsp3) is 0.467. The first-order valence-corrected chi connectivity index (χ1v) is 6.99. The molecule has 0 saturated carbocycles. The monoisotopic (exact) mass is 275 g/mol. The van der Waals surface area contributed by atoms with Gasteiger partial charge in [0.2, 0.25) is 0 Å². The zero-order valence-electron chi connectivity index (χ0n) is 11.7. The van der Waals surface area contributed by atoms with Crippen molar-refractivity contribution in [2.24, 2.45) is 16.8 Å². The van der Waals surface area contributed by atoms with Crippen LogP contribution < -0.4 is 5.73 Å². The van der Waals surface area contributed by atoms with Gasteiger partial charge in [0.1, 0.15) is 0 Å². The van der Waals surface area contributed by atoms with Crippen molar-refractivity contribution in [1.29, 1.82) is 0 Å². The lowest BCUT2D eigenvalue weighted by molar-refractivity contribution is 0.0760. The largest absolute Gasteiger partial charge is 0.409 e. The minimum absolute atomic E-state index is 0.0487. The van der Waals surface area contributed by atoms with Crippen LogP contribution in [0.3, 0.4) is 0 Å². The van der Waals surface area contributed by atoms with Crippen LogP contribution in [0, 0.1) is 5.92 Å². The summed E-state index contributed by atoms with van der Waals surface area (Å²) in [6, 6.07) is 6.85. The first-order chi connectivity index (χ1) is 9.61. The molecule has 1 aromatic carbocycles. The summed E-state index contributed by atoms with van der Waals surface area (Å²) < 4.78 is 0. The van der Waals surface area contributed by atoms with E-state index in [4.69, 9.17) is 10.9 Å². The number of benzene rings is 1. The van der Waals surface area contributed by atoms with E-state index in [1.54, 1.807) is 24.3 Å². The third-order valence-corrected chi connectivity index (χ3v) is 3.84. The van der Waals surface area contributed by atoms with E-state index in [-0.39, 0.29) is 11.7 Å². The second-order valence-corrected chi connectivity index (χ2v) is 5.39. The van der Waals surface area contributed by atoms with Gasteiger partial charge in [-0.2, -0.15) is 0 Å². The van der Waals surface area contributed by atoms with Crippen LogP contribution in [0.1, 0.15) is 42.1 Å². The Bertz CT molecular complexity index is 496. The molecule has 1 atom stereocenters. The lowest BCUT2D eigenvalue weighted by atomic mass is 10.0. The molecule has 0 aromatic heterocycles. The number of hydrogen-bond donors (Lipinski definition) is 2. The highest BCUT2D eigenvalue weighted by molar-refractivity contribution is 5.99. The van der Waals surface area contributed by atoms with Gasteiger partial charge in [0, 0.05) is 24.2 Å². The Kier molecular flexibility index (Phi) is 4.61. The van der Waals surface area contributed by atoms with E-state index in [2.05, 4.69) is 12.1 Å². The van der Waals surface area contributed by atoms with Gasteiger partial charge in [-0.15, -0.1) is 0 Å². The zero-order chi connectivity index (χ0) is 14.5. The summed E-state index contributed by atoms with van der Waals surface area (Å²) >= 11 is 0.